The van der Waals surface area contributed by atoms with Gasteiger partial charge in [0.15, 0.2) is 0 Å². The summed E-state index contributed by atoms with van der Waals surface area (Å²) in [5.41, 5.74) is 2.04. The monoisotopic (exact) mass is 277 g/mol. The van der Waals surface area contributed by atoms with Crippen LogP contribution in [0.2, 0.25) is 0 Å². The number of nitrogens with zero attached hydrogens (tertiary/aromatic N) is 1. The number of carbonyl (C=O) groups excluding carboxylic acids is 1. The van der Waals surface area contributed by atoms with Gasteiger partial charge in [-0.2, -0.15) is 25.3 Å². The highest BCUT2D eigenvalue weighted by Crippen LogP contribution is 2.29. The lowest BCUT2D eigenvalue weighted by Crippen LogP contribution is -2.20. The van der Waals surface area contributed by atoms with Crippen molar-refractivity contribution in [2.75, 3.05) is 13.7 Å². The van der Waals surface area contributed by atoms with Crippen LogP contribution in [0.3, 0.4) is 0 Å². The maximum Gasteiger partial charge on any atom is 0.213 e. The van der Waals surface area contributed by atoms with Crippen LogP contribution in [-0.4, -0.2) is 34.7 Å². The van der Waals surface area contributed by atoms with Gasteiger partial charge in [0.05, 0.1) is 0 Å². The molecule has 0 heterocycles. The van der Waals surface area contributed by atoms with Crippen LogP contribution < -0.4 is 0 Å². The van der Waals surface area contributed by atoms with Crippen molar-refractivity contribution in [1.82, 2.24) is 4.90 Å². The van der Waals surface area contributed by atoms with Crippen LogP contribution in [0.15, 0.2) is 11.3 Å². The maximum atomic E-state index is 10.8. The summed E-state index contributed by atoms with van der Waals surface area (Å²) in [5.74, 6) is 0.310. The smallest absolute Gasteiger partial charge is 0.213 e. The first kappa shape index (κ1) is 16.9. The summed E-state index contributed by atoms with van der Waals surface area (Å²) in [5, 5.41) is 9.14. The van der Waals surface area contributed by atoms with Crippen LogP contribution >= 0.6 is 25.3 Å². The van der Waals surface area contributed by atoms with E-state index in [1.54, 1.807) is 11.9 Å². The molecule has 0 aromatic carbocycles. The van der Waals surface area contributed by atoms with Crippen LogP contribution in [0.1, 0.15) is 33.1 Å². The van der Waals surface area contributed by atoms with Gasteiger partial charge in [-0.1, -0.05) is 6.92 Å². The minimum atomic E-state index is 0.0166. The first-order chi connectivity index (χ1) is 7.97. The molecule has 0 radical (unpaired) electrons. The molecule has 0 saturated carbocycles. The largest absolute Gasteiger partial charge is 0.396 e. The standard InChI is InChI=1S/C12H23NO2S2/c1-4-10(7-12(16)17)11(5-6-14)9(2)13(3)8-15/h8,10,12,14,16-17H,4-7H2,1-3H3. The minimum absolute atomic E-state index is 0.0166. The van der Waals surface area contributed by atoms with E-state index >= 15 is 0 Å². The van der Waals surface area contributed by atoms with Crippen molar-refractivity contribution >= 4 is 31.7 Å². The molecule has 0 aromatic rings. The lowest BCUT2D eigenvalue weighted by molar-refractivity contribution is -0.115. The summed E-state index contributed by atoms with van der Waals surface area (Å²) < 4.78 is 0.0166. The van der Waals surface area contributed by atoms with E-state index in [1.165, 1.54) is 0 Å². The summed E-state index contributed by atoms with van der Waals surface area (Å²) in [6, 6.07) is 0. The molecule has 0 aromatic heterocycles. The fraction of sp³-hybridized carbons (Fsp3) is 0.750. The molecule has 0 rings (SSSR count). The van der Waals surface area contributed by atoms with Crippen LogP contribution in [0.25, 0.3) is 0 Å². The third-order valence-electron chi connectivity index (χ3n) is 3.01. The highest BCUT2D eigenvalue weighted by Gasteiger charge is 2.18. The number of rotatable bonds is 8. The number of amides is 1. The number of carbonyl (C=O) groups is 1. The number of allylic oxidation sites excluding steroid dienone is 1. The van der Waals surface area contributed by atoms with Crippen molar-refractivity contribution < 1.29 is 9.90 Å². The Kier molecular flexibility index (Phi) is 8.82. The summed E-state index contributed by atoms with van der Waals surface area (Å²) in [4.78, 5) is 12.3. The third-order valence-corrected chi connectivity index (χ3v) is 3.44. The average Bonchev–Trinajstić information content (AvgIpc) is 2.31. The third kappa shape index (κ3) is 5.84. The van der Waals surface area contributed by atoms with E-state index in [9.17, 15) is 4.79 Å². The van der Waals surface area contributed by atoms with Gasteiger partial charge in [0.2, 0.25) is 6.41 Å². The molecule has 0 fully saturated rings. The molecule has 1 atom stereocenters. The molecule has 1 amide bonds. The van der Waals surface area contributed by atoms with Gasteiger partial charge in [0.25, 0.3) is 0 Å². The Morgan fingerprint density at radius 1 is 1.47 bits per heavy atom. The average molecular weight is 277 g/mol. The minimum Gasteiger partial charge on any atom is -0.396 e. The molecule has 0 bridgehead atoms. The zero-order valence-corrected chi connectivity index (χ0v) is 12.5. The molecule has 3 nitrogen and oxygen atoms in total. The van der Waals surface area contributed by atoms with Crippen LogP contribution in [0, 0.1) is 5.92 Å². The molecule has 1 unspecified atom stereocenters. The maximum absolute atomic E-state index is 10.8. The lowest BCUT2D eigenvalue weighted by Gasteiger charge is -2.25. The number of aliphatic hydroxyl groups is 1. The van der Waals surface area contributed by atoms with Gasteiger partial charge < -0.3 is 10.0 Å². The number of hydrogen-bond donors (Lipinski definition) is 3. The molecule has 0 aliphatic carbocycles. The fourth-order valence-electron chi connectivity index (χ4n) is 1.92. The van der Waals surface area contributed by atoms with Gasteiger partial charge in [-0.15, -0.1) is 0 Å². The van der Waals surface area contributed by atoms with E-state index in [0.29, 0.717) is 12.3 Å². The highest BCUT2D eigenvalue weighted by molar-refractivity contribution is 7.99. The Bertz CT molecular complexity index is 267. The van der Waals surface area contributed by atoms with Gasteiger partial charge >= 0.3 is 0 Å². The molecule has 0 spiro atoms. The quantitative estimate of drug-likeness (QED) is 0.362. The van der Waals surface area contributed by atoms with Gasteiger partial charge in [-0.05, 0) is 37.7 Å². The molecule has 100 valence electrons. The summed E-state index contributed by atoms with van der Waals surface area (Å²) in [7, 11) is 1.73. The molecule has 0 aliphatic rings. The Morgan fingerprint density at radius 2 is 2.06 bits per heavy atom. The highest BCUT2D eigenvalue weighted by atomic mass is 32.2. The zero-order valence-electron chi connectivity index (χ0n) is 10.8. The Morgan fingerprint density at radius 3 is 2.41 bits per heavy atom. The summed E-state index contributed by atoms with van der Waals surface area (Å²) >= 11 is 8.59. The van der Waals surface area contributed by atoms with Gasteiger partial charge in [0, 0.05) is 23.9 Å². The van der Waals surface area contributed by atoms with Crippen molar-refractivity contribution in [1.29, 1.82) is 0 Å². The molecule has 0 aliphatic heterocycles. The molecular formula is C12H23NO2S2. The van der Waals surface area contributed by atoms with Crippen LogP contribution in [0.4, 0.5) is 0 Å². The molecular weight excluding hydrogens is 254 g/mol. The van der Waals surface area contributed by atoms with Crippen LogP contribution in [0.5, 0.6) is 0 Å². The first-order valence-corrected chi connectivity index (χ1v) is 6.85. The summed E-state index contributed by atoms with van der Waals surface area (Å²) in [6.07, 6.45) is 3.17. The molecule has 0 saturated heterocycles. The zero-order chi connectivity index (χ0) is 13.4. The predicted octanol–water partition coefficient (Wildman–Crippen LogP) is 2.33. The molecule has 1 N–H and O–H groups in total. The van der Waals surface area contributed by atoms with Crippen molar-refractivity contribution in [3.63, 3.8) is 0 Å². The summed E-state index contributed by atoms with van der Waals surface area (Å²) in [6.45, 7) is 4.11. The van der Waals surface area contributed by atoms with Crippen molar-refractivity contribution in [2.45, 2.75) is 37.7 Å². The lowest BCUT2D eigenvalue weighted by atomic mass is 9.89. The van der Waals surface area contributed by atoms with E-state index in [-0.39, 0.29) is 11.2 Å². The molecule has 17 heavy (non-hydrogen) atoms. The number of aliphatic hydroxyl groups excluding tert-OH is 1. The second-order valence-electron chi connectivity index (χ2n) is 4.12. The second kappa shape index (κ2) is 8.89. The first-order valence-electron chi connectivity index (χ1n) is 5.82. The normalized spacial score (nSPS) is 14.5. The Labute approximate surface area is 115 Å². The van der Waals surface area contributed by atoms with Crippen molar-refractivity contribution in [3.8, 4) is 0 Å². The van der Waals surface area contributed by atoms with Gasteiger partial charge in [-0.25, -0.2) is 0 Å². The van der Waals surface area contributed by atoms with E-state index in [2.05, 4.69) is 32.2 Å². The second-order valence-corrected chi connectivity index (χ2v) is 5.78. The van der Waals surface area contributed by atoms with Crippen molar-refractivity contribution in [2.24, 2.45) is 5.92 Å². The Hall–Kier alpha value is -0.130. The van der Waals surface area contributed by atoms with Gasteiger partial charge in [-0.3, -0.25) is 4.79 Å². The SMILES string of the molecule is CCC(CC(S)S)C(CCO)=C(C)N(C)C=O. The van der Waals surface area contributed by atoms with Gasteiger partial charge in [0.1, 0.15) is 0 Å². The predicted molar refractivity (Wildman–Crippen MR) is 78.4 cm³/mol. The van der Waals surface area contributed by atoms with E-state index in [4.69, 9.17) is 5.11 Å². The van der Waals surface area contributed by atoms with E-state index < -0.39 is 0 Å². The fourth-order valence-corrected chi connectivity index (χ4v) is 2.43. The van der Waals surface area contributed by atoms with Crippen molar-refractivity contribution in [3.05, 3.63) is 11.3 Å². The number of hydrogen-bond acceptors (Lipinski definition) is 4. The number of thiol groups is 2. The van der Waals surface area contributed by atoms with Crippen LogP contribution in [-0.2, 0) is 4.79 Å². The topological polar surface area (TPSA) is 40.5 Å². The van der Waals surface area contributed by atoms with E-state index in [1.807, 2.05) is 6.92 Å². The van der Waals surface area contributed by atoms with E-state index in [0.717, 1.165) is 30.5 Å². The molecule has 5 heteroatoms. The Balaban J connectivity index is 5.08.